The molecule has 0 radical (unpaired) electrons. The summed E-state index contributed by atoms with van der Waals surface area (Å²) in [4.78, 5) is 12.6. The zero-order valence-corrected chi connectivity index (χ0v) is 12.3. The van der Waals surface area contributed by atoms with E-state index >= 15 is 0 Å². The maximum absolute atomic E-state index is 12.6. The number of carbonyl (C=O) groups is 1. The van der Waals surface area contributed by atoms with Crippen LogP contribution < -0.4 is 0 Å². The van der Waals surface area contributed by atoms with E-state index in [0.717, 1.165) is 29.8 Å². The van der Waals surface area contributed by atoms with Gasteiger partial charge in [-0.25, -0.2) is 0 Å². The van der Waals surface area contributed by atoms with E-state index in [-0.39, 0.29) is 18.6 Å². The zero-order chi connectivity index (χ0) is 14.0. The molecule has 1 unspecified atom stereocenters. The Morgan fingerprint density at radius 1 is 1.37 bits per heavy atom. The summed E-state index contributed by atoms with van der Waals surface area (Å²) in [6.45, 7) is 6.09. The van der Waals surface area contributed by atoms with Gasteiger partial charge in [0, 0.05) is 22.9 Å². The maximum Gasteiger partial charge on any atom is 0.167 e. The van der Waals surface area contributed by atoms with Crippen molar-refractivity contribution in [3.63, 3.8) is 0 Å². The van der Waals surface area contributed by atoms with Crippen molar-refractivity contribution in [1.29, 1.82) is 0 Å². The van der Waals surface area contributed by atoms with E-state index in [1.807, 2.05) is 26.8 Å². The number of hydrogen-bond acceptors (Lipinski definition) is 2. The van der Waals surface area contributed by atoms with E-state index in [2.05, 4.69) is 4.57 Å². The van der Waals surface area contributed by atoms with Gasteiger partial charge in [-0.1, -0.05) is 19.3 Å². The van der Waals surface area contributed by atoms with Crippen LogP contribution in [0, 0.1) is 19.8 Å². The smallest absolute Gasteiger partial charge is 0.167 e. The van der Waals surface area contributed by atoms with E-state index in [0.29, 0.717) is 5.78 Å². The first-order valence-electron chi connectivity index (χ1n) is 7.39. The molecule has 0 aliphatic heterocycles. The number of nitrogens with zero attached hydrogens (tertiary/aromatic N) is 1. The molecule has 2 rings (SSSR count). The summed E-state index contributed by atoms with van der Waals surface area (Å²) in [5.74, 6) is 0.524. The van der Waals surface area contributed by atoms with Gasteiger partial charge < -0.3 is 9.67 Å². The summed E-state index contributed by atoms with van der Waals surface area (Å²) in [5.41, 5.74) is 2.94. The Morgan fingerprint density at radius 3 is 2.58 bits per heavy atom. The predicted octanol–water partition coefficient (Wildman–Crippen LogP) is 3.42. The molecule has 106 valence electrons. The standard InChI is InChI=1S/C16H25NO2/c1-11-9-15(13(3)17(11)12(2)10-18)16(19)14-7-5-4-6-8-14/h9,12,14,18H,4-8,10H2,1-3H3. The molecule has 0 aromatic carbocycles. The second-order valence-electron chi connectivity index (χ2n) is 5.89. The molecule has 0 saturated heterocycles. The van der Waals surface area contributed by atoms with Crippen molar-refractivity contribution in [2.75, 3.05) is 6.61 Å². The molecule has 1 aromatic rings. The number of Topliss-reactive ketones (excluding diaryl/α,β-unsaturated/α-hetero) is 1. The van der Waals surface area contributed by atoms with E-state index in [9.17, 15) is 9.90 Å². The van der Waals surface area contributed by atoms with E-state index in [1.54, 1.807) is 0 Å². The highest BCUT2D eigenvalue weighted by Gasteiger charge is 2.26. The summed E-state index contributed by atoms with van der Waals surface area (Å²) in [5, 5.41) is 9.33. The monoisotopic (exact) mass is 263 g/mol. The van der Waals surface area contributed by atoms with Crippen molar-refractivity contribution >= 4 is 5.78 Å². The van der Waals surface area contributed by atoms with Crippen LogP contribution in [0.25, 0.3) is 0 Å². The van der Waals surface area contributed by atoms with Crippen LogP contribution in [0.5, 0.6) is 0 Å². The molecule has 3 heteroatoms. The normalized spacial score (nSPS) is 18.5. The number of aromatic nitrogens is 1. The summed E-state index contributed by atoms with van der Waals surface area (Å²) >= 11 is 0. The summed E-state index contributed by atoms with van der Waals surface area (Å²) in [6, 6.07) is 2.03. The van der Waals surface area contributed by atoms with Crippen LogP contribution in [0.2, 0.25) is 0 Å². The van der Waals surface area contributed by atoms with Gasteiger partial charge in [0.2, 0.25) is 0 Å². The molecule has 1 aliphatic carbocycles. The molecule has 19 heavy (non-hydrogen) atoms. The van der Waals surface area contributed by atoms with E-state index < -0.39 is 0 Å². The third-order valence-corrected chi connectivity index (χ3v) is 4.43. The minimum atomic E-state index is 0.0351. The number of hydrogen-bond donors (Lipinski definition) is 1. The zero-order valence-electron chi connectivity index (χ0n) is 12.3. The number of aliphatic hydroxyl groups is 1. The van der Waals surface area contributed by atoms with Crippen molar-refractivity contribution in [2.45, 2.75) is 58.9 Å². The molecule has 0 amide bonds. The number of ketones is 1. The van der Waals surface area contributed by atoms with Gasteiger partial charge in [-0.3, -0.25) is 4.79 Å². The fourth-order valence-electron chi connectivity index (χ4n) is 3.37. The average Bonchev–Trinajstić information content (AvgIpc) is 2.73. The quantitative estimate of drug-likeness (QED) is 0.846. The second kappa shape index (κ2) is 5.91. The molecule has 1 aliphatic rings. The molecule has 1 heterocycles. The highest BCUT2D eigenvalue weighted by Crippen LogP contribution is 2.29. The molecule has 1 fully saturated rings. The number of aryl methyl sites for hydroxylation is 1. The fraction of sp³-hybridized carbons (Fsp3) is 0.688. The molecule has 1 saturated carbocycles. The molecule has 1 atom stereocenters. The molecule has 0 spiro atoms. The third kappa shape index (κ3) is 2.76. The fourth-order valence-corrected chi connectivity index (χ4v) is 3.37. The molecule has 3 nitrogen and oxygen atoms in total. The minimum absolute atomic E-state index is 0.0351. The highest BCUT2D eigenvalue weighted by molar-refractivity contribution is 5.99. The lowest BCUT2D eigenvalue weighted by molar-refractivity contribution is 0.0888. The highest BCUT2D eigenvalue weighted by atomic mass is 16.3. The topological polar surface area (TPSA) is 42.2 Å². The van der Waals surface area contributed by atoms with Crippen LogP contribution in [-0.4, -0.2) is 22.1 Å². The van der Waals surface area contributed by atoms with E-state index in [1.165, 1.54) is 19.3 Å². The van der Waals surface area contributed by atoms with Gasteiger partial charge in [0.15, 0.2) is 5.78 Å². The van der Waals surface area contributed by atoms with Crippen LogP contribution >= 0.6 is 0 Å². The van der Waals surface area contributed by atoms with Crippen LogP contribution in [-0.2, 0) is 0 Å². The Hall–Kier alpha value is -1.09. The first kappa shape index (κ1) is 14.3. The average molecular weight is 263 g/mol. The van der Waals surface area contributed by atoms with E-state index in [4.69, 9.17) is 0 Å². The van der Waals surface area contributed by atoms with Gasteiger partial charge in [0.1, 0.15) is 0 Å². The van der Waals surface area contributed by atoms with Crippen LogP contribution in [0.4, 0.5) is 0 Å². The number of aliphatic hydroxyl groups excluding tert-OH is 1. The summed E-state index contributed by atoms with van der Waals surface area (Å²) in [7, 11) is 0. The lowest BCUT2D eigenvalue weighted by atomic mass is 9.84. The third-order valence-electron chi connectivity index (χ3n) is 4.43. The lowest BCUT2D eigenvalue weighted by Gasteiger charge is -2.21. The SMILES string of the molecule is Cc1cc(C(=O)C2CCCCC2)c(C)n1C(C)CO. The molecule has 1 aromatic heterocycles. The molecule has 1 N–H and O–H groups in total. The van der Waals surface area contributed by atoms with Crippen molar-refractivity contribution < 1.29 is 9.90 Å². The van der Waals surface area contributed by atoms with Gasteiger partial charge in [0.25, 0.3) is 0 Å². The van der Waals surface area contributed by atoms with Gasteiger partial charge in [-0.05, 0) is 39.7 Å². The maximum atomic E-state index is 12.6. The molecule has 0 bridgehead atoms. The van der Waals surface area contributed by atoms with Gasteiger partial charge in [0.05, 0.1) is 12.6 Å². The Morgan fingerprint density at radius 2 is 2.00 bits per heavy atom. The number of carbonyl (C=O) groups excluding carboxylic acids is 1. The van der Waals surface area contributed by atoms with Crippen molar-refractivity contribution in [3.05, 3.63) is 23.0 Å². The van der Waals surface area contributed by atoms with Crippen molar-refractivity contribution in [1.82, 2.24) is 4.57 Å². The largest absolute Gasteiger partial charge is 0.394 e. The van der Waals surface area contributed by atoms with Gasteiger partial charge >= 0.3 is 0 Å². The Balaban J connectivity index is 2.27. The second-order valence-corrected chi connectivity index (χ2v) is 5.89. The van der Waals surface area contributed by atoms with Crippen LogP contribution in [0.1, 0.15) is 66.8 Å². The first-order valence-corrected chi connectivity index (χ1v) is 7.39. The summed E-state index contributed by atoms with van der Waals surface area (Å²) in [6.07, 6.45) is 5.71. The molecular weight excluding hydrogens is 238 g/mol. The lowest BCUT2D eigenvalue weighted by Crippen LogP contribution is -2.19. The van der Waals surface area contributed by atoms with Crippen molar-refractivity contribution in [3.8, 4) is 0 Å². The number of rotatable bonds is 4. The molecular formula is C16H25NO2. The minimum Gasteiger partial charge on any atom is -0.394 e. The predicted molar refractivity (Wildman–Crippen MR) is 76.6 cm³/mol. The van der Waals surface area contributed by atoms with Gasteiger partial charge in [-0.15, -0.1) is 0 Å². The van der Waals surface area contributed by atoms with Gasteiger partial charge in [-0.2, -0.15) is 0 Å². The Labute approximate surface area is 115 Å². The van der Waals surface area contributed by atoms with Crippen LogP contribution in [0.3, 0.4) is 0 Å². The first-order chi connectivity index (χ1) is 9.06. The summed E-state index contributed by atoms with van der Waals surface area (Å²) < 4.78 is 2.08. The Kier molecular flexibility index (Phi) is 4.46. The van der Waals surface area contributed by atoms with Crippen LogP contribution in [0.15, 0.2) is 6.07 Å². The Bertz CT molecular complexity index is 456. The van der Waals surface area contributed by atoms with Crippen molar-refractivity contribution in [2.24, 2.45) is 5.92 Å².